The molecule has 0 aromatic carbocycles. The first-order chi connectivity index (χ1) is 6.70. The highest BCUT2D eigenvalue weighted by Gasteiger charge is 2.17. The zero-order valence-electron chi connectivity index (χ0n) is 8.58. The molecule has 0 radical (unpaired) electrons. The van der Waals surface area contributed by atoms with E-state index in [-0.39, 0.29) is 6.04 Å². The van der Waals surface area contributed by atoms with Crippen molar-refractivity contribution in [3.8, 4) is 0 Å². The maximum Gasteiger partial charge on any atom is 0.0807 e. The summed E-state index contributed by atoms with van der Waals surface area (Å²) in [5, 5.41) is 4.09. The number of nitrogens with two attached hydrogens (primary N) is 1. The first kappa shape index (κ1) is 11.3. The molecule has 0 aliphatic carbocycles. The van der Waals surface area contributed by atoms with Gasteiger partial charge in [0.05, 0.1) is 16.6 Å². The Morgan fingerprint density at radius 1 is 1.71 bits per heavy atom. The number of nitrogens with zero attached hydrogens (tertiary/aromatic N) is 2. The SMILES string of the molecule is C=C(C)C(NN)c1snnc1CCC. The summed E-state index contributed by atoms with van der Waals surface area (Å²) in [7, 11) is 0. The molecule has 1 heterocycles. The van der Waals surface area contributed by atoms with Gasteiger partial charge >= 0.3 is 0 Å². The Labute approximate surface area is 88.3 Å². The quantitative estimate of drug-likeness (QED) is 0.442. The lowest BCUT2D eigenvalue weighted by Crippen LogP contribution is -2.28. The normalized spacial score (nSPS) is 12.8. The molecule has 5 heteroatoms. The van der Waals surface area contributed by atoms with E-state index in [2.05, 4.69) is 28.5 Å². The molecule has 1 rings (SSSR count). The minimum Gasteiger partial charge on any atom is -0.271 e. The highest BCUT2D eigenvalue weighted by Crippen LogP contribution is 2.25. The number of hydrazine groups is 1. The molecule has 4 nitrogen and oxygen atoms in total. The summed E-state index contributed by atoms with van der Waals surface area (Å²) in [5.41, 5.74) is 4.75. The van der Waals surface area contributed by atoms with Crippen LogP contribution in [0, 0.1) is 0 Å². The van der Waals surface area contributed by atoms with Crippen molar-refractivity contribution < 1.29 is 0 Å². The van der Waals surface area contributed by atoms with Crippen molar-refractivity contribution in [3.05, 3.63) is 22.7 Å². The van der Waals surface area contributed by atoms with Crippen molar-refractivity contribution >= 4 is 11.5 Å². The molecular weight excluding hydrogens is 196 g/mol. The van der Waals surface area contributed by atoms with Gasteiger partial charge in [0.25, 0.3) is 0 Å². The fraction of sp³-hybridized carbons (Fsp3) is 0.556. The number of aromatic nitrogens is 2. The van der Waals surface area contributed by atoms with Crippen LogP contribution in [0.2, 0.25) is 0 Å². The van der Waals surface area contributed by atoms with E-state index in [1.807, 2.05) is 6.92 Å². The molecule has 1 aromatic rings. The molecular formula is C9H16N4S. The van der Waals surface area contributed by atoms with Crippen LogP contribution in [-0.4, -0.2) is 9.59 Å². The van der Waals surface area contributed by atoms with E-state index in [1.165, 1.54) is 11.5 Å². The molecule has 0 aliphatic heterocycles. The Morgan fingerprint density at radius 3 is 2.93 bits per heavy atom. The van der Waals surface area contributed by atoms with Crippen LogP contribution in [0.5, 0.6) is 0 Å². The van der Waals surface area contributed by atoms with E-state index in [0.29, 0.717) is 0 Å². The van der Waals surface area contributed by atoms with Crippen molar-refractivity contribution in [1.29, 1.82) is 0 Å². The molecule has 0 amide bonds. The van der Waals surface area contributed by atoms with Crippen LogP contribution in [0.3, 0.4) is 0 Å². The minimum absolute atomic E-state index is 0.0171. The summed E-state index contributed by atoms with van der Waals surface area (Å²) in [6.45, 7) is 7.96. The predicted molar refractivity (Wildman–Crippen MR) is 58.8 cm³/mol. The van der Waals surface area contributed by atoms with E-state index in [4.69, 9.17) is 5.84 Å². The standard InChI is InChI=1S/C9H16N4S/c1-4-5-7-9(14-13-12-7)8(11-10)6(2)3/h8,11H,2,4-5,10H2,1,3H3. The number of hydrogen-bond acceptors (Lipinski definition) is 5. The molecule has 0 saturated heterocycles. The van der Waals surface area contributed by atoms with Gasteiger partial charge in [0.2, 0.25) is 0 Å². The van der Waals surface area contributed by atoms with Crippen LogP contribution < -0.4 is 11.3 Å². The summed E-state index contributed by atoms with van der Waals surface area (Å²) in [6.07, 6.45) is 2.00. The Hall–Kier alpha value is -0.780. The van der Waals surface area contributed by atoms with Crippen LogP contribution in [0.15, 0.2) is 12.2 Å². The molecule has 1 unspecified atom stereocenters. The Balaban J connectivity index is 2.91. The van der Waals surface area contributed by atoms with Gasteiger partial charge in [-0.2, -0.15) is 0 Å². The molecule has 0 bridgehead atoms. The molecule has 0 saturated carbocycles. The van der Waals surface area contributed by atoms with Gasteiger partial charge in [0.1, 0.15) is 0 Å². The van der Waals surface area contributed by atoms with Crippen molar-refractivity contribution in [2.45, 2.75) is 32.7 Å². The first-order valence-electron chi connectivity index (χ1n) is 4.63. The van der Waals surface area contributed by atoms with Crippen LogP contribution in [-0.2, 0) is 6.42 Å². The maximum atomic E-state index is 5.47. The zero-order valence-corrected chi connectivity index (χ0v) is 9.40. The van der Waals surface area contributed by atoms with E-state index in [9.17, 15) is 0 Å². The van der Waals surface area contributed by atoms with Crippen molar-refractivity contribution in [3.63, 3.8) is 0 Å². The molecule has 14 heavy (non-hydrogen) atoms. The first-order valence-corrected chi connectivity index (χ1v) is 5.40. The summed E-state index contributed by atoms with van der Waals surface area (Å²) in [5.74, 6) is 5.47. The van der Waals surface area contributed by atoms with Gasteiger partial charge in [0, 0.05) is 0 Å². The fourth-order valence-corrected chi connectivity index (χ4v) is 2.14. The molecule has 0 spiro atoms. The van der Waals surface area contributed by atoms with Crippen molar-refractivity contribution in [2.24, 2.45) is 5.84 Å². The molecule has 1 atom stereocenters. The lowest BCUT2D eigenvalue weighted by molar-refractivity contribution is 0.627. The largest absolute Gasteiger partial charge is 0.271 e. The van der Waals surface area contributed by atoms with Gasteiger partial charge in [-0.05, 0) is 24.9 Å². The van der Waals surface area contributed by atoms with Crippen LogP contribution in [0.25, 0.3) is 0 Å². The van der Waals surface area contributed by atoms with Gasteiger partial charge in [0.15, 0.2) is 0 Å². The fourth-order valence-electron chi connectivity index (χ4n) is 1.29. The Bertz CT molecular complexity index is 308. The summed E-state index contributed by atoms with van der Waals surface area (Å²) >= 11 is 1.39. The molecule has 3 N–H and O–H groups in total. The van der Waals surface area contributed by atoms with Crippen LogP contribution in [0.4, 0.5) is 0 Å². The molecule has 78 valence electrons. The topological polar surface area (TPSA) is 63.8 Å². The third kappa shape index (κ3) is 2.37. The number of aryl methyl sites for hydroxylation is 1. The summed E-state index contributed by atoms with van der Waals surface area (Å²) in [6, 6.07) is -0.0171. The monoisotopic (exact) mass is 212 g/mol. The number of hydrogen-bond donors (Lipinski definition) is 2. The highest BCUT2D eigenvalue weighted by molar-refractivity contribution is 7.05. The third-order valence-corrected chi connectivity index (χ3v) is 2.82. The minimum atomic E-state index is -0.0171. The average molecular weight is 212 g/mol. The van der Waals surface area contributed by atoms with Crippen LogP contribution in [0.1, 0.15) is 36.9 Å². The maximum absolute atomic E-state index is 5.47. The van der Waals surface area contributed by atoms with Crippen molar-refractivity contribution in [1.82, 2.24) is 15.0 Å². The zero-order chi connectivity index (χ0) is 10.6. The van der Waals surface area contributed by atoms with E-state index in [1.54, 1.807) is 0 Å². The van der Waals surface area contributed by atoms with Crippen LogP contribution >= 0.6 is 11.5 Å². The van der Waals surface area contributed by atoms with Crippen molar-refractivity contribution in [2.75, 3.05) is 0 Å². The van der Waals surface area contributed by atoms with E-state index >= 15 is 0 Å². The highest BCUT2D eigenvalue weighted by atomic mass is 32.1. The lowest BCUT2D eigenvalue weighted by atomic mass is 10.1. The third-order valence-electron chi connectivity index (χ3n) is 1.99. The van der Waals surface area contributed by atoms with E-state index < -0.39 is 0 Å². The summed E-state index contributed by atoms with van der Waals surface area (Å²) in [4.78, 5) is 1.09. The molecule has 0 aliphatic rings. The van der Waals surface area contributed by atoms with Gasteiger partial charge in [-0.3, -0.25) is 5.84 Å². The second-order valence-electron chi connectivity index (χ2n) is 3.28. The molecule has 1 aromatic heterocycles. The molecule has 0 fully saturated rings. The van der Waals surface area contributed by atoms with Gasteiger partial charge in [-0.1, -0.05) is 30.0 Å². The van der Waals surface area contributed by atoms with E-state index in [0.717, 1.165) is 29.0 Å². The Morgan fingerprint density at radius 2 is 2.43 bits per heavy atom. The van der Waals surface area contributed by atoms with Gasteiger partial charge in [-0.25, -0.2) is 5.43 Å². The Kier molecular flexibility index (Phi) is 4.19. The predicted octanol–water partition coefficient (Wildman–Crippen LogP) is 1.57. The van der Waals surface area contributed by atoms with Gasteiger partial charge in [-0.15, -0.1) is 5.10 Å². The second-order valence-corrected chi connectivity index (χ2v) is 4.07. The lowest BCUT2D eigenvalue weighted by Gasteiger charge is -2.14. The summed E-state index contributed by atoms with van der Waals surface area (Å²) < 4.78 is 3.95. The number of rotatable bonds is 5. The number of nitrogens with one attached hydrogen (secondary N) is 1. The van der Waals surface area contributed by atoms with Gasteiger partial charge < -0.3 is 0 Å². The second kappa shape index (κ2) is 5.19. The smallest absolute Gasteiger partial charge is 0.0807 e. The average Bonchev–Trinajstić information content (AvgIpc) is 2.55.